The highest BCUT2D eigenvalue weighted by molar-refractivity contribution is 5.95. The maximum absolute atomic E-state index is 12.5. The van der Waals surface area contributed by atoms with Gasteiger partial charge in [0, 0.05) is 16.6 Å². The number of nitrogens with two attached hydrogens (primary N) is 1. The summed E-state index contributed by atoms with van der Waals surface area (Å²) in [5, 5.41) is 4.41. The van der Waals surface area contributed by atoms with Crippen LogP contribution < -0.4 is 20.0 Å². The fraction of sp³-hybridized carbons (Fsp3) is 0.176. The predicted molar refractivity (Wildman–Crippen MR) is 90.3 cm³/mol. The second kappa shape index (κ2) is 6.71. The molecule has 1 aromatic heterocycles. The Morgan fingerprint density at radius 2 is 1.78 bits per heavy atom. The molecule has 0 spiro atoms. The zero-order valence-electron chi connectivity index (χ0n) is 14.2. The molecule has 0 fully saturated rings. The Labute approximate surface area is 151 Å². The fourth-order valence-corrected chi connectivity index (χ4v) is 2.51. The minimum atomic E-state index is -5.16. The summed E-state index contributed by atoms with van der Waals surface area (Å²) in [4.78, 5) is 16.1. The van der Waals surface area contributed by atoms with E-state index in [1.54, 1.807) is 18.2 Å². The third-order valence-electron chi connectivity index (χ3n) is 3.73. The first-order valence-corrected chi connectivity index (χ1v) is 7.54. The molecule has 2 aromatic carbocycles. The number of nitrogens with zero attached hydrogens (tertiary/aromatic N) is 2. The van der Waals surface area contributed by atoms with Crippen molar-refractivity contribution in [3.05, 3.63) is 36.4 Å². The first kappa shape index (κ1) is 18.4. The van der Waals surface area contributed by atoms with Crippen LogP contribution in [0.25, 0.3) is 22.2 Å². The molecule has 142 valence electrons. The molecule has 3 aromatic rings. The Kier molecular flexibility index (Phi) is 4.56. The lowest BCUT2D eigenvalue weighted by molar-refractivity contribution is -0.200. The number of rotatable bonds is 4. The minimum absolute atomic E-state index is 0.145. The summed E-state index contributed by atoms with van der Waals surface area (Å²) in [6.45, 7) is 0. The van der Waals surface area contributed by atoms with Gasteiger partial charge in [0.05, 0.1) is 14.2 Å². The number of alkyl halides is 3. The molecule has 0 saturated carbocycles. The van der Waals surface area contributed by atoms with Crippen LogP contribution in [0, 0.1) is 0 Å². The summed E-state index contributed by atoms with van der Waals surface area (Å²) >= 11 is 0. The molecular formula is C17H14F3N3O4. The van der Waals surface area contributed by atoms with E-state index in [4.69, 9.17) is 15.2 Å². The van der Waals surface area contributed by atoms with Gasteiger partial charge in [-0.1, -0.05) is 4.85 Å². The second-order valence-electron chi connectivity index (χ2n) is 5.44. The van der Waals surface area contributed by atoms with Gasteiger partial charge in [0.25, 0.3) is 0 Å². The number of ether oxygens (including phenoxy) is 2. The van der Waals surface area contributed by atoms with Gasteiger partial charge >= 0.3 is 12.1 Å². The summed E-state index contributed by atoms with van der Waals surface area (Å²) in [5.74, 6) is -1.52. The van der Waals surface area contributed by atoms with E-state index in [0.29, 0.717) is 33.0 Å². The zero-order valence-corrected chi connectivity index (χ0v) is 14.2. The van der Waals surface area contributed by atoms with Crippen LogP contribution in [0.4, 0.5) is 18.9 Å². The maximum atomic E-state index is 12.5. The van der Waals surface area contributed by atoms with Crippen molar-refractivity contribution in [3.63, 3.8) is 0 Å². The van der Waals surface area contributed by atoms with Crippen molar-refractivity contribution in [1.82, 2.24) is 9.94 Å². The average Bonchev–Trinajstić information content (AvgIpc) is 2.97. The van der Waals surface area contributed by atoms with E-state index in [1.165, 1.54) is 32.4 Å². The number of fused-ring (bicyclic) bond motifs is 1. The monoisotopic (exact) mass is 381 g/mol. The third-order valence-corrected chi connectivity index (χ3v) is 3.73. The number of hydrogen-bond donors (Lipinski definition) is 1. The average molecular weight is 381 g/mol. The van der Waals surface area contributed by atoms with Crippen molar-refractivity contribution >= 4 is 22.6 Å². The zero-order chi connectivity index (χ0) is 19.8. The predicted octanol–water partition coefficient (Wildman–Crippen LogP) is 2.82. The van der Waals surface area contributed by atoms with Gasteiger partial charge in [-0.05, 0) is 36.4 Å². The van der Waals surface area contributed by atoms with Crippen molar-refractivity contribution in [2.75, 3.05) is 20.0 Å². The molecule has 0 aliphatic heterocycles. The molecule has 27 heavy (non-hydrogen) atoms. The van der Waals surface area contributed by atoms with Crippen LogP contribution in [-0.4, -0.2) is 36.3 Å². The highest BCUT2D eigenvalue weighted by Gasteiger charge is 2.42. The summed E-state index contributed by atoms with van der Waals surface area (Å²) < 4.78 is 48.0. The number of carbonyl (C=O) groups is 1. The maximum Gasteiger partial charge on any atom is 0.493 e. The van der Waals surface area contributed by atoms with E-state index < -0.39 is 12.1 Å². The fourth-order valence-electron chi connectivity index (χ4n) is 2.51. The summed E-state index contributed by atoms with van der Waals surface area (Å²) in [6, 6.07) is 9.24. The Morgan fingerprint density at radius 3 is 2.41 bits per heavy atom. The van der Waals surface area contributed by atoms with E-state index in [1.807, 2.05) is 0 Å². The number of anilines is 1. The summed E-state index contributed by atoms with van der Waals surface area (Å²) in [5.41, 5.74) is 7.06. The van der Waals surface area contributed by atoms with Gasteiger partial charge < -0.3 is 20.0 Å². The van der Waals surface area contributed by atoms with Crippen LogP contribution >= 0.6 is 0 Å². The second-order valence-corrected chi connectivity index (χ2v) is 5.44. The van der Waals surface area contributed by atoms with Crippen LogP contribution in [0.1, 0.15) is 0 Å². The van der Waals surface area contributed by atoms with Crippen molar-refractivity contribution in [2.45, 2.75) is 6.18 Å². The van der Waals surface area contributed by atoms with Gasteiger partial charge in [-0.3, -0.25) is 0 Å². The molecular weight excluding hydrogens is 367 g/mol. The molecule has 0 atom stereocenters. The molecule has 0 bridgehead atoms. The van der Waals surface area contributed by atoms with E-state index in [2.05, 4.69) is 9.94 Å². The van der Waals surface area contributed by atoms with E-state index in [0.717, 1.165) is 0 Å². The number of aromatic nitrogens is 2. The van der Waals surface area contributed by atoms with Crippen molar-refractivity contribution in [2.24, 2.45) is 0 Å². The van der Waals surface area contributed by atoms with Crippen LogP contribution in [0.3, 0.4) is 0 Å². The van der Waals surface area contributed by atoms with Gasteiger partial charge in [-0.15, -0.1) is 5.10 Å². The number of carbonyl (C=O) groups excluding carboxylic acids is 1. The number of hydrogen-bond acceptors (Lipinski definition) is 6. The van der Waals surface area contributed by atoms with E-state index in [-0.39, 0.29) is 11.2 Å². The van der Waals surface area contributed by atoms with E-state index in [9.17, 15) is 18.0 Å². The standard InChI is InChI=1S/C17H14F3N3O4/c1-25-13-6-3-9(7-14(13)26-2)15-11-8-10(21)4-5-12(11)23(22-15)27-16(24)17(18,19)20/h3-8H,21H2,1-2H3. The minimum Gasteiger partial charge on any atom is -0.493 e. The van der Waals surface area contributed by atoms with Crippen LogP contribution in [0.15, 0.2) is 36.4 Å². The highest BCUT2D eigenvalue weighted by Crippen LogP contribution is 2.35. The van der Waals surface area contributed by atoms with E-state index >= 15 is 0 Å². The molecule has 3 rings (SSSR count). The smallest absolute Gasteiger partial charge is 0.493 e. The van der Waals surface area contributed by atoms with Gasteiger partial charge in [0.15, 0.2) is 11.5 Å². The molecule has 0 amide bonds. The molecule has 1 heterocycles. The normalized spacial score (nSPS) is 11.4. The molecule has 10 heteroatoms. The Morgan fingerprint density at radius 1 is 1.07 bits per heavy atom. The quantitative estimate of drug-likeness (QED) is 0.699. The van der Waals surface area contributed by atoms with Gasteiger partial charge in [0.1, 0.15) is 11.2 Å². The molecule has 0 saturated heterocycles. The van der Waals surface area contributed by atoms with Crippen molar-refractivity contribution in [3.8, 4) is 22.8 Å². The largest absolute Gasteiger partial charge is 0.493 e. The van der Waals surface area contributed by atoms with Crippen LogP contribution in [-0.2, 0) is 4.79 Å². The summed E-state index contributed by atoms with van der Waals surface area (Å²) in [7, 11) is 2.92. The molecule has 2 N–H and O–H groups in total. The number of methoxy groups -OCH3 is 2. The summed E-state index contributed by atoms with van der Waals surface area (Å²) in [6.07, 6.45) is -5.16. The third kappa shape index (κ3) is 3.46. The van der Waals surface area contributed by atoms with Gasteiger partial charge in [0.2, 0.25) is 0 Å². The Bertz CT molecular complexity index is 1010. The first-order valence-electron chi connectivity index (χ1n) is 7.54. The van der Waals surface area contributed by atoms with Gasteiger partial charge in [-0.2, -0.15) is 13.2 Å². The van der Waals surface area contributed by atoms with Crippen LogP contribution in [0.5, 0.6) is 11.5 Å². The molecule has 0 unspecified atom stereocenters. The lowest BCUT2D eigenvalue weighted by atomic mass is 10.1. The molecule has 7 nitrogen and oxygen atoms in total. The highest BCUT2D eigenvalue weighted by atomic mass is 19.4. The SMILES string of the molecule is COc1ccc(-c2nn(OC(=O)C(F)(F)F)c3ccc(N)cc23)cc1OC. The van der Waals surface area contributed by atoms with Gasteiger partial charge in [-0.25, -0.2) is 4.79 Å². The Balaban J connectivity index is 2.16. The molecule has 0 aliphatic carbocycles. The van der Waals surface area contributed by atoms with Crippen LogP contribution in [0.2, 0.25) is 0 Å². The van der Waals surface area contributed by atoms with Crippen molar-refractivity contribution in [1.29, 1.82) is 0 Å². The topological polar surface area (TPSA) is 88.6 Å². The number of halogens is 3. The Hall–Kier alpha value is -3.43. The number of nitrogen functional groups attached to an aromatic ring is 1. The lowest BCUT2D eigenvalue weighted by Crippen LogP contribution is -2.33. The first-order chi connectivity index (χ1) is 12.7. The lowest BCUT2D eigenvalue weighted by Gasteiger charge is -2.08. The molecule has 0 radical (unpaired) electrons. The molecule has 0 aliphatic rings. The number of benzene rings is 2. The van der Waals surface area contributed by atoms with Crippen molar-refractivity contribution < 1.29 is 32.3 Å².